The third-order valence-corrected chi connectivity index (χ3v) is 3.37. The van der Waals surface area contributed by atoms with Crippen LogP contribution in [0.15, 0.2) is 18.2 Å². The molecule has 5 heteroatoms. The summed E-state index contributed by atoms with van der Waals surface area (Å²) in [6, 6.07) is 5.53. The fourth-order valence-electron chi connectivity index (χ4n) is 1.81. The molecule has 0 bridgehead atoms. The molecule has 110 valence electrons. The third kappa shape index (κ3) is 4.96. The zero-order valence-electron chi connectivity index (χ0n) is 11.8. The van der Waals surface area contributed by atoms with Crippen LogP contribution in [-0.4, -0.2) is 25.2 Å². The molecule has 0 aliphatic carbocycles. The summed E-state index contributed by atoms with van der Waals surface area (Å²) >= 11 is 3.38. The Morgan fingerprint density at radius 3 is 2.45 bits per heavy atom. The Bertz CT molecular complexity index is 471. The van der Waals surface area contributed by atoms with Crippen molar-refractivity contribution in [3.05, 3.63) is 34.9 Å². The fraction of sp³-hybridized carbons (Fsp3) is 0.467. The molecular formula is C15H19BrO4. The van der Waals surface area contributed by atoms with Crippen molar-refractivity contribution >= 4 is 27.9 Å². The van der Waals surface area contributed by atoms with E-state index < -0.39 is 0 Å². The van der Waals surface area contributed by atoms with Crippen LogP contribution in [0.3, 0.4) is 0 Å². The van der Waals surface area contributed by atoms with Gasteiger partial charge in [0.15, 0.2) is 0 Å². The Labute approximate surface area is 127 Å². The van der Waals surface area contributed by atoms with Crippen LogP contribution in [-0.2, 0) is 26.0 Å². The van der Waals surface area contributed by atoms with E-state index in [2.05, 4.69) is 15.9 Å². The van der Waals surface area contributed by atoms with Crippen LogP contribution < -0.4 is 0 Å². The number of alkyl halides is 1. The molecule has 4 nitrogen and oxygen atoms in total. The fourth-order valence-corrected chi connectivity index (χ4v) is 2.16. The number of rotatable bonds is 7. The van der Waals surface area contributed by atoms with E-state index in [1.807, 2.05) is 12.1 Å². The average molecular weight is 343 g/mol. The second-order valence-corrected chi connectivity index (χ2v) is 4.71. The SMILES string of the molecule is CCOC(=O)CCc1cc(CBr)ccc1C(=O)OCC. The van der Waals surface area contributed by atoms with Gasteiger partial charge in [-0.1, -0.05) is 28.1 Å². The molecule has 1 aromatic rings. The Morgan fingerprint density at radius 1 is 1.15 bits per heavy atom. The maximum absolute atomic E-state index is 11.9. The van der Waals surface area contributed by atoms with Gasteiger partial charge >= 0.3 is 11.9 Å². The van der Waals surface area contributed by atoms with Gasteiger partial charge in [-0.15, -0.1) is 0 Å². The van der Waals surface area contributed by atoms with E-state index in [9.17, 15) is 9.59 Å². The van der Waals surface area contributed by atoms with E-state index in [-0.39, 0.29) is 18.4 Å². The summed E-state index contributed by atoms with van der Waals surface area (Å²) in [7, 11) is 0. The maximum atomic E-state index is 11.9. The molecule has 20 heavy (non-hydrogen) atoms. The minimum Gasteiger partial charge on any atom is -0.466 e. The minimum atomic E-state index is -0.354. The van der Waals surface area contributed by atoms with Crippen molar-refractivity contribution in [3.8, 4) is 0 Å². The van der Waals surface area contributed by atoms with Crippen LogP contribution in [0.1, 0.15) is 41.8 Å². The summed E-state index contributed by atoms with van der Waals surface area (Å²) in [5.41, 5.74) is 2.38. The number of carbonyl (C=O) groups is 2. The van der Waals surface area contributed by atoms with Crippen LogP contribution in [0, 0.1) is 0 Å². The number of hydrogen-bond acceptors (Lipinski definition) is 4. The topological polar surface area (TPSA) is 52.6 Å². The summed E-state index contributed by atoms with van der Waals surface area (Å²) in [5, 5.41) is 0.697. The predicted molar refractivity (Wildman–Crippen MR) is 80.0 cm³/mol. The molecule has 0 heterocycles. The van der Waals surface area contributed by atoms with Crippen molar-refractivity contribution in [1.82, 2.24) is 0 Å². The van der Waals surface area contributed by atoms with E-state index in [1.54, 1.807) is 19.9 Å². The second kappa shape index (κ2) is 8.74. The zero-order chi connectivity index (χ0) is 15.0. The highest BCUT2D eigenvalue weighted by Gasteiger charge is 2.14. The van der Waals surface area contributed by atoms with E-state index in [0.29, 0.717) is 30.5 Å². The lowest BCUT2D eigenvalue weighted by molar-refractivity contribution is -0.143. The van der Waals surface area contributed by atoms with Crippen LogP contribution in [0.25, 0.3) is 0 Å². The maximum Gasteiger partial charge on any atom is 0.338 e. The first-order chi connectivity index (χ1) is 9.62. The van der Waals surface area contributed by atoms with Crippen molar-refractivity contribution in [2.24, 2.45) is 0 Å². The number of halogens is 1. The summed E-state index contributed by atoms with van der Waals surface area (Å²) in [5.74, 6) is -0.612. The molecule has 1 aromatic carbocycles. The number of ether oxygens (including phenoxy) is 2. The molecule has 0 amide bonds. The molecule has 0 unspecified atom stereocenters. The van der Waals surface area contributed by atoms with Crippen LogP contribution >= 0.6 is 15.9 Å². The summed E-state index contributed by atoms with van der Waals surface area (Å²) in [6.07, 6.45) is 0.722. The highest BCUT2D eigenvalue weighted by atomic mass is 79.9. The van der Waals surface area contributed by atoms with Gasteiger partial charge in [0.1, 0.15) is 0 Å². The summed E-state index contributed by atoms with van der Waals surface area (Å²) in [6.45, 7) is 4.23. The normalized spacial score (nSPS) is 10.2. The molecule has 0 fully saturated rings. The van der Waals surface area contributed by atoms with Gasteiger partial charge in [0.25, 0.3) is 0 Å². The van der Waals surface area contributed by atoms with Gasteiger partial charge in [-0.3, -0.25) is 4.79 Å². The van der Waals surface area contributed by atoms with Crippen LogP contribution in [0.5, 0.6) is 0 Å². The van der Waals surface area contributed by atoms with E-state index in [4.69, 9.17) is 9.47 Å². The van der Waals surface area contributed by atoms with E-state index >= 15 is 0 Å². The number of hydrogen-bond donors (Lipinski definition) is 0. The van der Waals surface area contributed by atoms with Crippen molar-refractivity contribution in [2.45, 2.75) is 32.0 Å². The average Bonchev–Trinajstić information content (AvgIpc) is 2.45. The van der Waals surface area contributed by atoms with Gasteiger partial charge in [-0.2, -0.15) is 0 Å². The Morgan fingerprint density at radius 2 is 1.85 bits per heavy atom. The molecule has 0 aromatic heterocycles. The molecular weight excluding hydrogens is 324 g/mol. The molecule has 0 spiro atoms. The van der Waals surface area contributed by atoms with E-state index in [1.165, 1.54) is 0 Å². The van der Waals surface area contributed by atoms with Gasteiger partial charge in [-0.25, -0.2) is 4.79 Å². The van der Waals surface area contributed by atoms with Crippen molar-refractivity contribution in [3.63, 3.8) is 0 Å². The summed E-state index contributed by atoms with van der Waals surface area (Å²) in [4.78, 5) is 23.3. The first-order valence-electron chi connectivity index (χ1n) is 6.62. The summed E-state index contributed by atoms with van der Waals surface area (Å²) < 4.78 is 9.93. The first-order valence-corrected chi connectivity index (χ1v) is 7.75. The molecule has 0 saturated carbocycles. The van der Waals surface area contributed by atoms with Crippen molar-refractivity contribution < 1.29 is 19.1 Å². The van der Waals surface area contributed by atoms with Gasteiger partial charge in [0.05, 0.1) is 18.8 Å². The Kier molecular flexibility index (Phi) is 7.30. The quantitative estimate of drug-likeness (QED) is 0.563. The lowest BCUT2D eigenvalue weighted by Crippen LogP contribution is -2.11. The van der Waals surface area contributed by atoms with Gasteiger partial charge in [-0.05, 0) is 37.5 Å². The van der Waals surface area contributed by atoms with Crippen molar-refractivity contribution in [2.75, 3.05) is 13.2 Å². The second-order valence-electron chi connectivity index (χ2n) is 4.15. The molecule has 0 aliphatic heterocycles. The molecule has 1 rings (SSSR count). The third-order valence-electron chi connectivity index (χ3n) is 2.72. The number of aryl methyl sites for hydroxylation is 1. The number of benzene rings is 1. The molecule has 0 saturated heterocycles. The molecule has 0 atom stereocenters. The number of esters is 2. The smallest absolute Gasteiger partial charge is 0.338 e. The minimum absolute atomic E-state index is 0.256. The highest BCUT2D eigenvalue weighted by Crippen LogP contribution is 2.17. The lowest BCUT2D eigenvalue weighted by atomic mass is 10.0. The molecule has 0 N–H and O–H groups in total. The lowest BCUT2D eigenvalue weighted by Gasteiger charge is -2.10. The highest BCUT2D eigenvalue weighted by molar-refractivity contribution is 9.08. The predicted octanol–water partition coefficient (Wildman–Crippen LogP) is 3.25. The zero-order valence-corrected chi connectivity index (χ0v) is 13.4. The Balaban J connectivity index is 2.88. The number of carbonyl (C=O) groups excluding carboxylic acids is 2. The largest absolute Gasteiger partial charge is 0.466 e. The monoisotopic (exact) mass is 342 g/mol. The van der Waals surface area contributed by atoms with Gasteiger partial charge < -0.3 is 9.47 Å². The standard InChI is InChI=1S/C15H19BrO4/c1-3-19-14(17)8-6-12-9-11(10-16)5-7-13(12)15(18)20-4-2/h5,7,9H,3-4,6,8,10H2,1-2H3. The van der Waals surface area contributed by atoms with Crippen LogP contribution in [0.4, 0.5) is 0 Å². The Hall–Kier alpha value is -1.36. The molecule has 0 aliphatic rings. The molecule has 0 radical (unpaired) electrons. The van der Waals surface area contributed by atoms with Gasteiger partial charge in [0, 0.05) is 11.8 Å². The van der Waals surface area contributed by atoms with Crippen molar-refractivity contribution in [1.29, 1.82) is 0 Å². The van der Waals surface area contributed by atoms with Gasteiger partial charge in [0.2, 0.25) is 0 Å². The van der Waals surface area contributed by atoms with E-state index in [0.717, 1.165) is 11.1 Å². The van der Waals surface area contributed by atoms with Crippen LogP contribution in [0.2, 0.25) is 0 Å². The first kappa shape index (κ1) is 16.7.